The summed E-state index contributed by atoms with van der Waals surface area (Å²) in [4.78, 5) is 14.9. The maximum absolute atomic E-state index is 4.68. The molecule has 0 amide bonds. The molecule has 0 aliphatic rings. The fraction of sp³-hybridized carbons (Fsp3) is 0.278. The zero-order valence-corrected chi connectivity index (χ0v) is 16.0. The number of nitrogens with zero attached hydrogens (tertiary/aromatic N) is 3. The van der Waals surface area contributed by atoms with Gasteiger partial charge in [0.25, 0.3) is 0 Å². The van der Waals surface area contributed by atoms with E-state index >= 15 is 0 Å². The Balaban J connectivity index is 1.62. The Bertz CT molecular complexity index is 823. The van der Waals surface area contributed by atoms with Crippen LogP contribution in [0.2, 0.25) is 0 Å². The number of aliphatic imine (C=N–C) groups is 1. The summed E-state index contributed by atoms with van der Waals surface area (Å²) in [6, 6.07) is 10.2. The summed E-state index contributed by atoms with van der Waals surface area (Å²) in [5, 5.41) is 10.7. The highest BCUT2D eigenvalue weighted by Crippen LogP contribution is 2.23. The minimum Gasteiger partial charge on any atom is -0.357 e. The van der Waals surface area contributed by atoms with E-state index in [0.717, 1.165) is 33.8 Å². The lowest BCUT2D eigenvalue weighted by Gasteiger charge is -2.09. The van der Waals surface area contributed by atoms with Crippen molar-refractivity contribution < 1.29 is 0 Å². The molecule has 0 aliphatic carbocycles. The molecule has 3 aromatic rings. The van der Waals surface area contributed by atoms with Crippen molar-refractivity contribution in [1.29, 1.82) is 0 Å². The first-order chi connectivity index (χ1) is 12.2. The summed E-state index contributed by atoms with van der Waals surface area (Å²) >= 11 is 3.35. The van der Waals surface area contributed by atoms with Crippen LogP contribution in [-0.2, 0) is 13.1 Å². The number of rotatable bonds is 6. The topological polar surface area (TPSA) is 62.2 Å². The number of hydrogen-bond acceptors (Lipinski definition) is 5. The molecule has 0 saturated carbocycles. The van der Waals surface area contributed by atoms with E-state index in [-0.39, 0.29) is 0 Å². The van der Waals surface area contributed by atoms with Crippen LogP contribution in [0.5, 0.6) is 0 Å². The molecule has 2 aromatic heterocycles. The zero-order valence-electron chi connectivity index (χ0n) is 14.3. The van der Waals surface area contributed by atoms with E-state index in [1.54, 1.807) is 22.7 Å². The van der Waals surface area contributed by atoms with Gasteiger partial charge in [-0.25, -0.2) is 15.0 Å². The number of thiazole rings is 2. The minimum atomic E-state index is 0.551. The lowest BCUT2D eigenvalue weighted by Crippen LogP contribution is -2.36. The Morgan fingerprint density at radius 3 is 2.76 bits per heavy atom. The van der Waals surface area contributed by atoms with Gasteiger partial charge in [-0.3, -0.25) is 0 Å². The molecule has 0 atom stereocenters. The summed E-state index contributed by atoms with van der Waals surface area (Å²) in [6.07, 6.45) is 1.89. The SMILES string of the molecule is CCNC(=NCc1csc(-c2ccccc2)n1)NCc1ncc(C)s1. The van der Waals surface area contributed by atoms with E-state index in [1.807, 2.05) is 24.4 Å². The summed E-state index contributed by atoms with van der Waals surface area (Å²) in [7, 11) is 0. The fourth-order valence-electron chi connectivity index (χ4n) is 2.24. The second-order valence-corrected chi connectivity index (χ2v) is 7.60. The van der Waals surface area contributed by atoms with Crippen LogP contribution >= 0.6 is 22.7 Å². The van der Waals surface area contributed by atoms with Gasteiger partial charge in [0.05, 0.1) is 18.8 Å². The molecule has 7 heteroatoms. The molecule has 0 spiro atoms. The lowest BCUT2D eigenvalue weighted by molar-refractivity contribution is 0.809. The highest BCUT2D eigenvalue weighted by molar-refractivity contribution is 7.13. The maximum Gasteiger partial charge on any atom is 0.191 e. The summed E-state index contributed by atoms with van der Waals surface area (Å²) < 4.78 is 0. The van der Waals surface area contributed by atoms with Crippen LogP contribution in [-0.4, -0.2) is 22.5 Å². The molecule has 0 aliphatic heterocycles. The third kappa shape index (κ3) is 5.11. The molecule has 3 rings (SSSR count). The molecule has 0 unspecified atom stereocenters. The van der Waals surface area contributed by atoms with Gasteiger partial charge >= 0.3 is 0 Å². The molecule has 2 N–H and O–H groups in total. The molecule has 5 nitrogen and oxygen atoms in total. The van der Waals surface area contributed by atoms with Crippen LogP contribution in [0.15, 0.2) is 46.9 Å². The van der Waals surface area contributed by atoms with Crippen molar-refractivity contribution in [2.45, 2.75) is 26.9 Å². The third-order valence-corrected chi connectivity index (χ3v) is 5.25. The van der Waals surface area contributed by atoms with Gasteiger partial charge in [-0.1, -0.05) is 30.3 Å². The van der Waals surface area contributed by atoms with Crippen LogP contribution in [0.3, 0.4) is 0 Å². The van der Waals surface area contributed by atoms with Crippen LogP contribution in [0.25, 0.3) is 10.6 Å². The number of aryl methyl sites for hydroxylation is 1. The Kier molecular flexibility index (Phi) is 6.14. The van der Waals surface area contributed by atoms with Gasteiger partial charge in [-0.2, -0.15) is 0 Å². The molecule has 0 saturated heterocycles. The standard InChI is InChI=1S/C18H21N5S2/c1-3-19-18(22-11-16-20-9-13(2)25-16)21-10-15-12-24-17(23-15)14-7-5-4-6-8-14/h4-9,12H,3,10-11H2,1-2H3,(H2,19,21,22). The number of nitrogens with one attached hydrogen (secondary N) is 2. The summed E-state index contributed by atoms with van der Waals surface area (Å²) in [6.45, 7) is 6.16. The van der Waals surface area contributed by atoms with Crippen molar-refractivity contribution in [3.63, 3.8) is 0 Å². The Morgan fingerprint density at radius 1 is 1.20 bits per heavy atom. The Hall–Kier alpha value is -2.25. The van der Waals surface area contributed by atoms with E-state index < -0.39 is 0 Å². The molecular formula is C18H21N5S2. The van der Waals surface area contributed by atoms with Crippen molar-refractivity contribution in [2.75, 3.05) is 6.54 Å². The monoisotopic (exact) mass is 371 g/mol. The highest BCUT2D eigenvalue weighted by Gasteiger charge is 2.05. The smallest absolute Gasteiger partial charge is 0.191 e. The van der Waals surface area contributed by atoms with Gasteiger partial charge in [-0.15, -0.1) is 22.7 Å². The average molecular weight is 372 g/mol. The molecule has 130 valence electrons. The van der Waals surface area contributed by atoms with Gasteiger partial charge in [0.15, 0.2) is 5.96 Å². The average Bonchev–Trinajstić information content (AvgIpc) is 3.27. The van der Waals surface area contributed by atoms with Gasteiger partial charge in [-0.05, 0) is 13.8 Å². The predicted molar refractivity (Wildman–Crippen MR) is 106 cm³/mol. The van der Waals surface area contributed by atoms with E-state index in [4.69, 9.17) is 0 Å². The number of guanidine groups is 1. The maximum atomic E-state index is 4.68. The largest absolute Gasteiger partial charge is 0.357 e. The molecule has 25 heavy (non-hydrogen) atoms. The first-order valence-corrected chi connectivity index (χ1v) is 9.87. The Morgan fingerprint density at radius 2 is 2.04 bits per heavy atom. The van der Waals surface area contributed by atoms with Gasteiger partial charge in [0.2, 0.25) is 0 Å². The normalized spacial score (nSPS) is 11.5. The van der Waals surface area contributed by atoms with Crippen LogP contribution < -0.4 is 10.6 Å². The highest BCUT2D eigenvalue weighted by atomic mass is 32.1. The zero-order chi connectivity index (χ0) is 17.5. The minimum absolute atomic E-state index is 0.551. The number of aromatic nitrogens is 2. The van der Waals surface area contributed by atoms with Crippen LogP contribution in [0.1, 0.15) is 22.5 Å². The third-order valence-electron chi connectivity index (χ3n) is 3.39. The molecule has 1 aromatic carbocycles. The second kappa shape index (κ2) is 8.73. The predicted octanol–water partition coefficient (Wildman–Crippen LogP) is 3.83. The molecule has 0 radical (unpaired) electrons. The van der Waals surface area contributed by atoms with E-state index in [0.29, 0.717) is 13.1 Å². The van der Waals surface area contributed by atoms with Gasteiger partial charge in [0, 0.05) is 28.6 Å². The first-order valence-electron chi connectivity index (χ1n) is 8.18. The summed E-state index contributed by atoms with van der Waals surface area (Å²) in [5.74, 6) is 0.782. The first kappa shape index (κ1) is 17.6. The van der Waals surface area contributed by atoms with E-state index in [9.17, 15) is 0 Å². The molecule has 0 fully saturated rings. The summed E-state index contributed by atoms with van der Waals surface area (Å²) in [5.41, 5.74) is 2.12. The number of benzene rings is 1. The fourth-order valence-corrected chi connectivity index (χ4v) is 3.78. The molecule has 0 bridgehead atoms. The van der Waals surface area contributed by atoms with Gasteiger partial charge in [0.1, 0.15) is 10.0 Å². The van der Waals surface area contributed by atoms with Gasteiger partial charge < -0.3 is 10.6 Å². The number of hydrogen-bond donors (Lipinski definition) is 2. The van der Waals surface area contributed by atoms with Crippen molar-refractivity contribution in [2.24, 2.45) is 4.99 Å². The van der Waals surface area contributed by atoms with Crippen molar-refractivity contribution in [3.8, 4) is 10.6 Å². The van der Waals surface area contributed by atoms with Crippen molar-refractivity contribution in [3.05, 3.63) is 57.5 Å². The molecular weight excluding hydrogens is 350 g/mol. The van der Waals surface area contributed by atoms with E-state index in [1.165, 1.54) is 4.88 Å². The van der Waals surface area contributed by atoms with Crippen LogP contribution in [0.4, 0.5) is 0 Å². The van der Waals surface area contributed by atoms with Crippen molar-refractivity contribution >= 4 is 28.6 Å². The second-order valence-electron chi connectivity index (χ2n) is 5.42. The quantitative estimate of drug-likeness (QED) is 0.511. The van der Waals surface area contributed by atoms with E-state index in [2.05, 4.69) is 57.0 Å². The lowest BCUT2D eigenvalue weighted by atomic mass is 10.2. The van der Waals surface area contributed by atoms with Crippen LogP contribution in [0, 0.1) is 6.92 Å². The Labute approximate surface area is 155 Å². The van der Waals surface area contributed by atoms with Crippen molar-refractivity contribution in [1.82, 2.24) is 20.6 Å². The molecule has 2 heterocycles.